The van der Waals surface area contributed by atoms with Crippen LogP contribution >= 0.6 is 0 Å². The summed E-state index contributed by atoms with van der Waals surface area (Å²) >= 11 is 0. The van der Waals surface area contributed by atoms with Crippen LogP contribution in [0, 0.1) is 0 Å². The van der Waals surface area contributed by atoms with E-state index in [2.05, 4.69) is 44.6 Å². The van der Waals surface area contributed by atoms with Gasteiger partial charge in [0.2, 0.25) is 0 Å². The molecular weight excluding hydrogens is 172 g/mol. The summed E-state index contributed by atoms with van der Waals surface area (Å²) in [5, 5.41) is 3.48. The van der Waals surface area contributed by atoms with Crippen LogP contribution in [0.1, 0.15) is 33.6 Å². The third-order valence-corrected chi connectivity index (χ3v) is 2.10. The van der Waals surface area contributed by atoms with Gasteiger partial charge in [-0.3, -0.25) is 0 Å². The Morgan fingerprint density at radius 2 is 1.93 bits per heavy atom. The van der Waals surface area contributed by atoms with Crippen molar-refractivity contribution in [2.24, 2.45) is 0 Å². The van der Waals surface area contributed by atoms with Crippen molar-refractivity contribution in [3.8, 4) is 0 Å². The minimum Gasteiger partial charge on any atom is -0.311 e. The molecule has 0 aliphatic rings. The monoisotopic (exact) mass is 198 g/mol. The number of nitrogens with one attached hydrogen (secondary N) is 1. The molecule has 0 aromatic carbocycles. The molecule has 84 valence electrons. The van der Waals surface area contributed by atoms with E-state index in [9.17, 15) is 0 Å². The first-order valence-corrected chi connectivity index (χ1v) is 5.50. The lowest BCUT2D eigenvalue weighted by Gasteiger charge is -2.23. The summed E-state index contributed by atoms with van der Waals surface area (Å²) in [6.07, 6.45) is 4.33. The second-order valence-electron chi connectivity index (χ2n) is 4.91. The van der Waals surface area contributed by atoms with E-state index >= 15 is 0 Å². The van der Waals surface area contributed by atoms with Crippen molar-refractivity contribution in [1.29, 1.82) is 0 Å². The maximum Gasteiger partial charge on any atom is 0.0104 e. The normalized spacial score (nSPS) is 12.1. The van der Waals surface area contributed by atoms with Crippen LogP contribution in [-0.4, -0.2) is 37.1 Å². The standard InChI is InChI=1S/C12H26N2/c1-6-7-8-10-14(5)11-9-13-12(2,3)4/h6,13H,1,7-11H2,2-5H3. The maximum atomic E-state index is 3.72. The van der Waals surface area contributed by atoms with Crippen LogP contribution < -0.4 is 5.32 Å². The van der Waals surface area contributed by atoms with Gasteiger partial charge in [0.25, 0.3) is 0 Å². The van der Waals surface area contributed by atoms with Gasteiger partial charge in [0.05, 0.1) is 0 Å². The highest BCUT2D eigenvalue weighted by Gasteiger charge is 2.07. The van der Waals surface area contributed by atoms with Crippen LogP contribution in [0.15, 0.2) is 12.7 Å². The van der Waals surface area contributed by atoms with E-state index in [-0.39, 0.29) is 5.54 Å². The predicted molar refractivity (Wildman–Crippen MR) is 64.7 cm³/mol. The lowest BCUT2D eigenvalue weighted by Crippen LogP contribution is -2.40. The first-order chi connectivity index (χ1) is 6.45. The lowest BCUT2D eigenvalue weighted by molar-refractivity contribution is 0.307. The highest BCUT2D eigenvalue weighted by Crippen LogP contribution is 1.98. The SMILES string of the molecule is C=CCCCN(C)CCNC(C)(C)C. The van der Waals surface area contributed by atoms with E-state index in [4.69, 9.17) is 0 Å². The van der Waals surface area contributed by atoms with E-state index in [1.165, 1.54) is 6.42 Å². The molecule has 0 aromatic heterocycles. The number of rotatable bonds is 7. The Hall–Kier alpha value is -0.340. The summed E-state index contributed by atoms with van der Waals surface area (Å²) in [4.78, 5) is 2.36. The molecule has 0 aliphatic heterocycles. The largest absolute Gasteiger partial charge is 0.311 e. The van der Waals surface area contributed by atoms with E-state index in [1.54, 1.807) is 0 Å². The molecule has 0 saturated heterocycles. The zero-order valence-corrected chi connectivity index (χ0v) is 10.3. The van der Waals surface area contributed by atoms with Crippen molar-refractivity contribution in [2.75, 3.05) is 26.7 Å². The zero-order valence-electron chi connectivity index (χ0n) is 10.3. The molecule has 0 radical (unpaired) electrons. The highest BCUT2D eigenvalue weighted by atomic mass is 15.1. The van der Waals surface area contributed by atoms with Gasteiger partial charge in [-0.25, -0.2) is 0 Å². The van der Waals surface area contributed by atoms with Gasteiger partial charge in [-0.1, -0.05) is 6.08 Å². The van der Waals surface area contributed by atoms with Crippen LogP contribution in [0.25, 0.3) is 0 Å². The Bertz CT molecular complexity index is 147. The summed E-state index contributed by atoms with van der Waals surface area (Å²) in [5.74, 6) is 0. The molecule has 0 rings (SSSR count). The van der Waals surface area contributed by atoms with Crippen molar-refractivity contribution in [3.05, 3.63) is 12.7 Å². The third kappa shape index (κ3) is 9.75. The molecule has 0 spiro atoms. The Labute approximate surface area is 89.4 Å². The Kier molecular flexibility index (Phi) is 6.85. The van der Waals surface area contributed by atoms with Crippen molar-refractivity contribution >= 4 is 0 Å². The molecule has 0 fully saturated rings. The number of allylic oxidation sites excluding steroid dienone is 1. The van der Waals surface area contributed by atoms with E-state index < -0.39 is 0 Å². The molecule has 0 amide bonds. The summed E-state index contributed by atoms with van der Waals surface area (Å²) in [7, 11) is 2.17. The summed E-state index contributed by atoms with van der Waals surface area (Å²) in [5.41, 5.74) is 0.238. The second kappa shape index (κ2) is 7.02. The topological polar surface area (TPSA) is 15.3 Å². The number of hydrogen-bond donors (Lipinski definition) is 1. The van der Waals surface area contributed by atoms with E-state index in [1.807, 2.05) is 6.08 Å². The predicted octanol–water partition coefficient (Wildman–Crippen LogP) is 2.27. The second-order valence-corrected chi connectivity index (χ2v) is 4.91. The van der Waals surface area contributed by atoms with Gasteiger partial charge >= 0.3 is 0 Å². The van der Waals surface area contributed by atoms with Gasteiger partial charge < -0.3 is 10.2 Å². The smallest absolute Gasteiger partial charge is 0.0104 e. The molecule has 1 N–H and O–H groups in total. The van der Waals surface area contributed by atoms with Gasteiger partial charge in [0.1, 0.15) is 0 Å². The van der Waals surface area contributed by atoms with Crippen LogP contribution in [0.3, 0.4) is 0 Å². The molecule has 0 heterocycles. The minimum atomic E-state index is 0.238. The van der Waals surface area contributed by atoms with E-state index in [0.717, 1.165) is 26.1 Å². The minimum absolute atomic E-state index is 0.238. The fourth-order valence-corrected chi connectivity index (χ4v) is 1.24. The number of nitrogens with zero attached hydrogens (tertiary/aromatic N) is 1. The van der Waals surface area contributed by atoms with Crippen LogP contribution in [-0.2, 0) is 0 Å². The molecular formula is C12H26N2. The van der Waals surface area contributed by atoms with Crippen LogP contribution in [0.4, 0.5) is 0 Å². The average Bonchev–Trinajstić information content (AvgIpc) is 2.02. The van der Waals surface area contributed by atoms with Gasteiger partial charge in [0, 0.05) is 18.6 Å². The molecule has 2 nitrogen and oxygen atoms in total. The number of hydrogen-bond acceptors (Lipinski definition) is 2. The molecule has 0 saturated carbocycles. The molecule has 0 unspecified atom stereocenters. The first kappa shape index (κ1) is 13.7. The van der Waals surface area contributed by atoms with E-state index in [0.29, 0.717) is 0 Å². The summed E-state index contributed by atoms with van der Waals surface area (Å²) < 4.78 is 0. The van der Waals surface area contributed by atoms with Gasteiger partial charge in [-0.15, -0.1) is 6.58 Å². The third-order valence-electron chi connectivity index (χ3n) is 2.10. The zero-order chi connectivity index (χ0) is 11.0. The van der Waals surface area contributed by atoms with Crippen LogP contribution in [0.5, 0.6) is 0 Å². The highest BCUT2D eigenvalue weighted by molar-refractivity contribution is 4.71. The van der Waals surface area contributed by atoms with Gasteiger partial charge in [-0.05, 0) is 47.2 Å². The fourth-order valence-electron chi connectivity index (χ4n) is 1.24. The fraction of sp³-hybridized carbons (Fsp3) is 0.833. The number of likely N-dealkylation sites (N-methyl/N-ethyl adjacent to an activating group) is 1. The number of unbranched alkanes of at least 4 members (excludes halogenated alkanes) is 1. The molecule has 0 aromatic rings. The van der Waals surface area contributed by atoms with Crippen molar-refractivity contribution in [2.45, 2.75) is 39.2 Å². The quantitative estimate of drug-likeness (QED) is 0.499. The van der Waals surface area contributed by atoms with Gasteiger partial charge in [-0.2, -0.15) is 0 Å². The van der Waals surface area contributed by atoms with Crippen molar-refractivity contribution in [1.82, 2.24) is 10.2 Å². The molecule has 0 atom stereocenters. The van der Waals surface area contributed by atoms with Crippen LogP contribution in [0.2, 0.25) is 0 Å². The lowest BCUT2D eigenvalue weighted by atomic mass is 10.1. The van der Waals surface area contributed by atoms with Crippen molar-refractivity contribution < 1.29 is 0 Å². The molecule has 14 heavy (non-hydrogen) atoms. The molecule has 2 heteroatoms. The Morgan fingerprint density at radius 1 is 1.29 bits per heavy atom. The first-order valence-electron chi connectivity index (χ1n) is 5.50. The summed E-state index contributed by atoms with van der Waals surface area (Å²) in [6.45, 7) is 13.7. The maximum absolute atomic E-state index is 3.72. The Morgan fingerprint density at radius 3 is 2.43 bits per heavy atom. The molecule has 0 aliphatic carbocycles. The Balaban J connectivity index is 3.35. The molecule has 0 bridgehead atoms. The summed E-state index contributed by atoms with van der Waals surface area (Å²) in [6, 6.07) is 0. The van der Waals surface area contributed by atoms with Gasteiger partial charge in [0.15, 0.2) is 0 Å². The average molecular weight is 198 g/mol. The van der Waals surface area contributed by atoms with Crippen molar-refractivity contribution in [3.63, 3.8) is 0 Å².